The smallest absolute Gasteiger partial charge is 0.244 e. The number of unbranched alkanes of at least 4 members (excludes halogenated alkanes) is 2. The predicted molar refractivity (Wildman–Crippen MR) is 88.9 cm³/mol. The number of nitrogens with one attached hydrogen (secondary N) is 1. The molecule has 3 heteroatoms. The third kappa shape index (κ3) is 6.13. The molecule has 21 heavy (non-hydrogen) atoms. The first kappa shape index (κ1) is 17.4. The van der Waals surface area contributed by atoms with Gasteiger partial charge >= 0.3 is 0 Å². The Hall–Kier alpha value is -1.61. The van der Waals surface area contributed by atoms with Crippen LogP contribution in [0.4, 0.5) is 0 Å². The first-order chi connectivity index (χ1) is 10.2. The third-order valence-electron chi connectivity index (χ3n) is 3.54. The van der Waals surface area contributed by atoms with Crippen LogP contribution in [-0.4, -0.2) is 23.9 Å². The molecule has 0 aliphatic heterocycles. The van der Waals surface area contributed by atoms with Gasteiger partial charge in [-0.15, -0.1) is 0 Å². The molecule has 0 bridgehead atoms. The van der Waals surface area contributed by atoms with Crippen LogP contribution in [0.2, 0.25) is 0 Å². The van der Waals surface area contributed by atoms with Gasteiger partial charge in [0.15, 0.2) is 0 Å². The van der Waals surface area contributed by atoms with E-state index in [-0.39, 0.29) is 12.1 Å². The lowest BCUT2D eigenvalue weighted by atomic mass is 10.1. The van der Waals surface area contributed by atoms with Crippen molar-refractivity contribution < 1.29 is 4.79 Å². The van der Waals surface area contributed by atoms with Gasteiger partial charge in [0.25, 0.3) is 0 Å². The zero-order chi connectivity index (χ0) is 15.5. The van der Waals surface area contributed by atoms with Crippen LogP contribution in [0.3, 0.4) is 0 Å². The molecule has 1 aromatic rings. The number of hydrogen-bond donors (Lipinski definition) is 1. The summed E-state index contributed by atoms with van der Waals surface area (Å²) in [6.07, 6.45) is 5.84. The SMILES string of the molecule is C=CC(=O)NC(c1ccccc1)N(CCCC)CCCC. The van der Waals surface area contributed by atoms with Crippen LogP contribution in [0, 0.1) is 0 Å². The molecule has 3 nitrogen and oxygen atoms in total. The average molecular weight is 288 g/mol. The van der Waals surface area contributed by atoms with Gasteiger partial charge in [0.05, 0.1) is 0 Å². The number of rotatable bonds is 10. The standard InChI is InChI=1S/C18H28N2O/c1-4-7-14-20(15-8-5-2)18(19-17(21)6-3)16-12-10-9-11-13-16/h6,9-13,18H,3-5,7-8,14-15H2,1-2H3,(H,19,21). The van der Waals surface area contributed by atoms with E-state index in [2.05, 4.69) is 42.8 Å². The van der Waals surface area contributed by atoms with Crippen molar-refractivity contribution in [2.75, 3.05) is 13.1 Å². The fraction of sp³-hybridized carbons (Fsp3) is 0.500. The zero-order valence-electron chi connectivity index (χ0n) is 13.3. The number of nitrogens with zero attached hydrogens (tertiary/aromatic N) is 1. The van der Waals surface area contributed by atoms with Crippen molar-refractivity contribution in [3.05, 3.63) is 48.6 Å². The van der Waals surface area contributed by atoms with E-state index in [0.717, 1.165) is 44.3 Å². The van der Waals surface area contributed by atoms with Crippen LogP contribution in [0.5, 0.6) is 0 Å². The van der Waals surface area contributed by atoms with Crippen molar-refractivity contribution in [3.63, 3.8) is 0 Å². The monoisotopic (exact) mass is 288 g/mol. The van der Waals surface area contributed by atoms with Crippen LogP contribution in [0.25, 0.3) is 0 Å². The van der Waals surface area contributed by atoms with E-state index in [1.54, 1.807) is 0 Å². The summed E-state index contributed by atoms with van der Waals surface area (Å²) in [5, 5.41) is 3.07. The highest BCUT2D eigenvalue weighted by Crippen LogP contribution is 2.19. The summed E-state index contributed by atoms with van der Waals surface area (Å²) in [5.41, 5.74) is 1.12. The first-order valence-electron chi connectivity index (χ1n) is 7.94. The summed E-state index contributed by atoms with van der Waals surface area (Å²) in [6, 6.07) is 10.2. The van der Waals surface area contributed by atoms with Gasteiger partial charge in [0.1, 0.15) is 6.17 Å². The average Bonchev–Trinajstić information content (AvgIpc) is 2.54. The van der Waals surface area contributed by atoms with Gasteiger partial charge in [-0.2, -0.15) is 0 Å². The first-order valence-corrected chi connectivity index (χ1v) is 7.94. The Balaban J connectivity index is 2.93. The van der Waals surface area contributed by atoms with Crippen LogP contribution >= 0.6 is 0 Å². The second-order valence-electron chi connectivity index (χ2n) is 5.27. The van der Waals surface area contributed by atoms with Gasteiger partial charge in [0, 0.05) is 13.1 Å². The largest absolute Gasteiger partial charge is 0.333 e. The Morgan fingerprint density at radius 3 is 2.24 bits per heavy atom. The maximum Gasteiger partial charge on any atom is 0.244 e. The molecule has 0 saturated heterocycles. The van der Waals surface area contributed by atoms with Gasteiger partial charge < -0.3 is 5.32 Å². The summed E-state index contributed by atoms with van der Waals surface area (Å²) in [6.45, 7) is 9.93. The van der Waals surface area contributed by atoms with Crippen molar-refractivity contribution in [1.82, 2.24) is 10.2 Å². The lowest BCUT2D eigenvalue weighted by molar-refractivity contribution is -0.118. The fourth-order valence-electron chi connectivity index (χ4n) is 2.31. The minimum atomic E-state index is -0.123. The van der Waals surface area contributed by atoms with Gasteiger partial charge in [-0.3, -0.25) is 9.69 Å². The number of carbonyl (C=O) groups is 1. The predicted octanol–water partition coefficient (Wildman–Crippen LogP) is 3.89. The highest BCUT2D eigenvalue weighted by Gasteiger charge is 2.20. The molecule has 0 aromatic heterocycles. The minimum absolute atomic E-state index is 0.0743. The molecule has 1 amide bonds. The molecule has 0 saturated carbocycles. The van der Waals surface area contributed by atoms with E-state index in [4.69, 9.17) is 0 Å². The lowest BCUT2D eigenvalue weighted by Crippen LogP contribution is -2.41. The van der Waals surface area contributed by atoms with Crippen LogP contribution in [0.1, 0.15) is 51.3 Å². The molecule has 0 heterocycles. The normalized spacial score (nSPS) is 12.1. The van der Waals surface area contributed by atoms with E-state index in [9.17, 15) is 4.79 Å². The van der Waals surface area contributed by atoms with Crippen molar-refractivity contribution in [3.8, 4) is 0 Å². The number of benzene rings is 1. The van der Waals surface area contributed by atoms with Gasteiger partial charge in [0.2, 0.25) is 5.91 Å². The van der Waals surface area contributed by atoms with Crippen LogP contribution in [-0.2, 0) is 4.79 Å². The van der Waals surface area contributed by atoms with Crippen molar-refractivity contribution in [1.29, 1.82) is 0 Å². The summed E-state index contributed by atoms with van der Waals surface area (Å²) in [7, 11) is 0. The Labute approximate surface area is 129 Å². The number of amides is 1. The maximum atomic E-state index is 11.8. The topological polar surface area (TPSA) is 32.3 Å². The Morgan fingerprint density at radius 2 is 1.76 bits per heavy atom. The molecule has 0 radical (unpaired) electrons. The Morgan fingerprint density at radius 1 is 1.19 bits per heavy atom. The Bertz CT molecular complexity index is 408. The molecule has 1 aromatic carbocycles. The highest BCUT2D eigenvalue weighted by molar-refractivity contribution is 5.87. The Kier molecular flexibility index (Phi) is 8.44. The van der Waals surface area contributed by atoms with Gasteiger partial charge in [-0.05, 0) is 24.5 Å². The highest BCUT2D eigenvalue weighted by atomic mass is 16.1. The summed E-state index contributed by atoms with van der Waals surface area (Å²) in [4.78, 5) is 14.2. The van der Waals surface area contributed by atoms with E-state index >= 15 is 0 Å². The fourth-order valence-corrected chi connectivity index (χ4v) is 2.31. The third-order valence-corrected chi connectivity index (χ3v) is 3.54. The van der Waals surface area contributed by atoms with Crippen molar-refractivity contribution in [2.45, 2.75) is 45.7 Å². The van der Waals surface area contributed by atoms with Crippen molar-refractivity contribution >= 4 is 5.91 Å². The molecule has 1 rings (SSSR count). The molecule has 0 spiro atoms. The molecule has 1 atom stereocenters. The van der Waals surface area contributed by atoms with Gasteiger partial charge in [-0.1, -0.05) is 63.6 Å². The van der Waals surface area contributed by atoms with Crippen LogP contribution in [0.15, 0.2) is 43.0 Å². The lowest BCUT2D eigenvalue weighted by Gasteiger charge is -2.32. The van der Waals surface area contributed by atoms with E-state index < -0.39 is 0 Å². The van der Waals surface area contributed by atoms with E-state index in [0.29, 0.717) is 0 Å². The molecule has 1 unspecified atom stereocenters. The molecule has 1 N–H and O–H groups in total. The quantitative estimate of drug-likeness (QED) is 0.523. The van der Waals surface area contributed by atoms with E-state index in [1.807, 2.05) is 18.2 Å². The second-order valence-corrected chi connectivity index (χ2v) is 5.27. The molecule has 116 valence electrons. The number of carbonyl (C=O) groups excluding carboxylic acids is 1. The second kappa shape index (κ2) is 10.2. The molecule has 0 fully saturated rings. The minimum Gasteiger partial charge on any atom is -0.333 e. The van der Waals surface area contributed by atoms with Gasteiger partial charge in [-0.25, -0.2) is 0 Å². The van der Waals surface area contributed by atoms with Crippen molar-refractivity contribution in [2.24, 2.45) is 0 Å². The summed E-state index contributed by atoms with van der Waals surface area (Å²) >= 11 is 0. The molecular formula is C18H28N2O. The molecule has 0 aliphatic carbocycles. The van der Waals surface area contributed by atoms with Crippen LogP contribution < -0.4 is 5.32 Å². The summed E-state index contributed by atoms with van der Waals surface area (Å²) < 4.78 is 0. The maximum absolute atomic E-state index is 11.8. The zero-order valence-corrected chi connectivity index (χ0v) is 13.3. The number of hydrogen-bond acceptors (Lipinski definition) is 2. The molecular weight excluding hydrogens is 260 g/mol. The molecule has 0 aliphatic rings. The summed E-state index contributed by atoms with van der Waals surface area (Å²) in [5.74, 6) is -0.123. The van der Waals surface area contributed by atoms with E-state index in [1.165, 1.54) is 6.08 Å².